The number of hydrogen-bond acceptors (Lipinski definition) is 3. The lowest BCUT2D eigenvalue weighted by Crippen LogP contribution is -2.53. The second-order valence-corrected chi connectivity index (χ2v) is 5.59. The average Bonchev–Trinajstić information content (AvgIpc) is 2.42. The molecule has 1 aliphatic carbocycles. The van der Waals surface area contributed by atoms with Crippen LogP contribution >= 0.6 is 11.6 Å². The van der Waals surface area contributed by atoms with Gasteiger partial charge in [-0.3, -0.25) is 4.79 Å². The summed E-state index contributed by atoms with van der Waals surface area (Å²) >= 11 is 5.66. The third kappa shape index (κ3) is 4.57. The van der Waals surface area contributed by atoms with Gasteiger partial charge in [-0.2, -0.15) is 0 Å². The molecule has 2 rings (SSSR count). The number of benzene rings is 1. The molecule has 0 unspecified atom stereocenters. The monoisotopic (exact) mass is 329 g/mol. The first-order valence-electron chi connectivity index (χ1n) is 6.88. The maximum Gasteiger partial charge on any atom is 0.404 e. The van der Waals surface area contributed by atoms with Crippen LogP contribution in [0.25, 0.3) is 0 Å². The van der Waals surface area contributed by atoms with Crippen molar-refractivity contribution in [1.29, 1.82) is 0 Å². The van der Waals surface area contributed by atoms with Crippen molar-refractivity contribution in [2.75, 3.05) is 6.54 Å². The lowest BCUT2D eigenvalue weighted by molar-refractivity contribution is -0.120. The van der Waals surface area contributed by atoms with Gasteiger partial charge in [0, 0.05) is 24.2 Å². The summed E-state index contributed by atoms with van der Waals surface area (Å²) in [7, 11) is 0. The molecule has 0 spiro atoms. The summed E-state index contributed by atoms with van der Waals surface area (Å²) in [5.74, 6) is -0.784. The molecule has 120 valence electrons. The van der Waals surface area contributed by atoms with Crippen molar-refractivity contribution in [3.05, 3.63) is 34.6 Å². The summed E-state index contributed by atoms with van der Waals surface area (Å²) in [6, 6.07) is 4.68. The fraction of sp³-hybridized carbons (Fsp3) is 0.429. The quantitative estimate of drug-likeness (QED) is 0.636. The van der Waals surface area contributed by atoms with Gasteiger partial charge in [-0.25, -0.2) is 9.18 Å². The third-order valence-electron chi connectivity index (χ3n) is 3.52. The van der Waals surface area contributed by atoms with Crippen molar-refractivity contribution in [2.45, 2.75) is 31.5 Å². The van der Waals surface area contributed by atoms with E-state index < -0.39 is 11.9 Å². The molecule has 0 aliphatic heterocycles. The Labute approximate surface area is 132 Å². The summed E-state index contributed by atoms with van der Waals surface area (Å²) < 4.78 is 13.6. The molecular formula is C14H17ClFN3O3. The average molecular weight is 330 g/mol. The topological polar surface area (TPSA) is 90.5 Å². The Hall–Kier alpha value is -1.86. The lowest BCUT2D eigenvalue weighted by atomic mass is 9.87. The fourth-order valence-electron chi connectivity index (χ4n) is 2.26. The van der Waals surface area contributed by atoms with E-state index in [4.69, 9.17) is 16.7 Å². The Balaban J connectivity index is 1.65. The van der Waals surface area contributed by atoms with Gasteiger partial charge in [0.05, 0.1) is 11.6 Å². The Bertz CT molecular complexity index is 564. The minimum atomic E-state index is -1.04. The highest BCUT2D eigenvalue weighted by Gasteiger charge is 2.30. The molecule has 4 N–H and O–H groups in total. The highest BCUT2D eigenvalue weighted by molar-refractivity contribution is 6.30. The van der Waals surface area contributed by atoms with E-state index in [9.17, 15) is 14.0 Å². The molecule has 0 radical (unpaired) electrons. The smallest absolute Gasteiger partial charge is 0.404 e. The predicted molar refractivity (Wildman–Crippen MR) is 79.2 cm³/mol. The lowest BCUT2D eigenvalue weighted by Gasteiger charge is -2.35. The van der Waals surface area contributed by atoms with Crippen LogP contribution in [0.4, 0.5) is 9.18 Å². The fourth-order valence-corrected chi connectivity index (χ4v) is 2.45. The van der Waals surface area contributed by atoms with Gasteiger partial charge in [0.2, 0.25) is 5.91 Å². The van der Waals surface area contributed by atoms with Crippen molar-refractivity contribution in [3.63, 3.8) is 0 Å². The van der Waals surface area contributed by atoms with Crippen LogP contribution < -0.4 is 16.0 Å². The number of carboxylic acid groups (broad SMARTS) is 1. The summed E-state index contributed by atoms with van der Waals surface area (Å²) in [6.07, 6.45) is 0.273. The van der Waals surface area contributed by atoms with Crippen LogP contribution in [0.1, 0.15) is 18.4 Å². The predicted octanol–water partition coefficient (Wildman–Crippen LogP) is 1.48. The van der Waals surface area contributed by atoms with Crippen molar-refractivity contribution >= 4 is 23.6 Å². The molecule has 6 nitrogen and oxygen atoms in total. The maximum absolute atomic E-state index is 13.6. The Morgan fingerprint density at radius 3 is 2.73 bits per heavy atom. The molecule has 8 heteroatoms. The minimum absolute atomic E-state index is 0.0244. The summed E-state index contributed by atoms with van der Waals surface area (Å²) in [5, 5.41) is 16.6. The highest BCUT2D eigenvalue weighted by Crippen LogP contribution is 2.19. The normalized spacial score (nSPS) is 20.1. The number of amides is 2. The van der Waals surface area contributed by atoms with Crippen LogP contribution in [0.5, 0.6) is 0 Å². The van der Waals surface area contributed by atoms with E-state index in [1.807, 2.05) is 0 Å². The molecule has 0 bridgehead atoms. The second-order valence-electron chi connectivity index (χ2n) is 5.19. The van der Waals surface area contributed by atoms with Gasteiger partial charge in [0.25, 0.3) is 0 Å². The van der Waals surface area contributed by atoms with Gasteiger partial charge in [0.1, 0.15) is 5.82 Å². The van der Waals surface area contributed by atoms with Gasteiger partial charge >= 0.3 is 6.09 Å². The van der Waals surface area contributed by atoms with Crippen LogP contribution in [-0.2, 0) is 11.3 Å². The summed E-state index contributed by atoms with van der Waals surface area (Å²) in [6.45, 7) is 0.174. The number of hydrogen-bond donors (Lipinski definition) is 4. The standard InChI is InChI=1S/C14H17ClFN3O3/c15-11-3-1-2-8(13(11)16)6-18-12(20)7-17-9-4-10(5-9)19-14(21)22/h1-3,9-10,17,19H,4-7H2,(H,18,20)(H,21,22)/t9-,10-. The number of rotatable bonds is 6. The molecule has 1 aromatic rings. The molecule has 2 amide bonds. The second kappa shape index (κ2) is 7.42. The third-order valence-corrected chi connectivity index (χ3v) is 3.82. The van der Waals surface area contributed by atoms with Crippen LogP contribution in [0, 0.1) is 5.82 Å². The highest BCUT2D eigenvalue weighted by atomic mass is 35.5. The van der Waals surface area contributed by atoms with Crippen molar-refractivity contribution in [2.24, 2.45) is 0 Å². The number of halogens is 2. The Kier molecular flexibility index (Phi) is 5.57. The van der Waals surface area contributed by atoms with E-state index in [-0.39, 0.29) is 36.1 Å². The van der Waals surface area contributed by atoms with E-state index in [1.54, 1.807) is 12.1 Å². The Morgan fingerprint density at radius 1 is 1.32 bits per heavy atom. The number of carbonyl (C=O) groups is 2. The largest absolute Gasteiger partial charge is 0.465 e. The first-order valence-corrected chi connectivity index (χ1v) is 7.26. The molecule has 0 atom stereocenters. The van der Waals surface area contributed by atoms with Crippen LogP contribution in [0.2, 0.25) is 5.02 Å². The van der Waals surface area contributed by atoms with E-state index in [1.165, 1.54) is 6.07 Å². The van der Waals surface area contributed by atoms with Crippen molar-refractivity contribution in [1.82, 2.24) is 16.0 Å². The molecule has 0 aromatic heterocycles. The first-order chi connectivity index (χ1) is 10.5. The molecule has 1 aromatic carbocycles. The van der Waals surface area contributed by atoms with Gasteiger partial charge in [-0.1, -0.05) is 23.7 Å². The van der Waals surface area contributed by atoms with Gasteiger partial charge in [0.15, 0.2) is 0 Å². The van der Waals surface area contributed by atoms with Gasteiger partial charge < -0.3 is 21.1 Å². The molecule has 22 heavy (non-hydrogen) atoms. The molecule has 0 heterocycles. The molecule has 1 fully saturated rings. The minimum Gasteiger partial charge on any atom is -0.465 e. The number of carbonyl (C=O) groups excluding carboxylic acids is 1. The van der Waals surface area contributed by atoms with E-state index in [0.29, 0.717) is 18.4 Å². The van der Waals surface area contributed by atoms with Crippen LogP contribution in [0.3, 0.4) is 0 Å². The van der Waals surface area contributed by atoms with Crippen molar-refractivity contribution < 1.29 is 19.1 Å². The molecular weight excluding hydrogens is 313 g/mol. The van der Waals surface area contributed by atoms with E-state index in [0.717, 1.165) is 0 Å². The molecule has 1 saturated carbocycles. The molecule has 1 aliphatic rings. The first kappa shape index (κ1) is 16.5. The van der Waals surface area contributed by atoms with E-state index in [2.05, 4.69) is 16.0 Å². The Morgan fingerprint density at radius 2 is 2.05 bits per heavy atom. The zero-order valence-corrected chi connectivity index (χ0v) is 12.5. The van der Waals surface area contributed by atoms with Crippen molar-refractivity contribution in [3.8, 4) is 0 Å². The van der Waals surface area contributed by atoms with Gasteiger partial charge in [-0.15, -0.1) is 0 Å². The van der Waals surface area contributed by atoms with Crippen LogP contribution in [0.15, 0.2) is 18.2 Å². The zero-order chi connectivity index (χ0) is 16.1. The number of nitrogens with one attached hydrogen (secondary N) is 3. The SMILES string of the molecule is O=C(CN[C@H]1C[C@H](NC(=O)O)C1)NCc1cccc(Cl)c1F. The summed E-state index contributed by atoms with van der Waals surface area (Å²) in [5.41, 5.74) is 0.329. The van der Waals surface area contributed by atoms with Crippen LogP contribution in [-0.4, -0.2) is 35.7 Å². The van der Waals surface area contributed by atoms with Gasteiger partial charge in [-0.05, 0) is 18.9 Å². The maximum atomic E-state index is 13.6. The summed E-state index contributed by atoms with van der Waals surface area (Å²) in [4.78, 5) is 22.1. The zero-order valence-electron chi connectivity index (χ0n) is 11.7. The molecule has 0 saturated heterocycles. The van der Waals surface area contributed by atoms with E-state index >= 15 is 0 Å².